The van der Waals surface area contributed by atoms with Crippen molar-refractivity contribution in [2.45, 2.75) is 45.4 Å². The van der Waals surface area contributed by atoms with Gasteiger partial charge in [-0.15, -0.1) is 0 Å². The van der Waals surface area contributed by atoms with E-state index in [1.807, 2.05) is 66.7 Å². The second kappa shape index (κ2) is 13.3. The van der Waals surface area contributed by atoms with E-state index in [4.69, 9.17) is 9.47 Å². The zero-order valence-corrected chi connectivity index (χ0v) is 23.1. The Morgan fingerprint density at radius 2 is 1.48 bits per heavy atom. The maximum atomic E-state index is 13.6. The molecule has 0 radical (unpaired) electrons. The number of alkyl carbamates (subject to hydrolysis) is 1. The van der Waals surface area contributed by atoms with Gasteiger partial charge in [0.15, 0.2) is 0 Å². The van der Waals surface area contributed by atoms with Crippen molar-refractivity contribution in [3.8, 4) is 11.1 Å². The lowest BCUT2D eigenvalue weighted by Gasteiger charge is -2.31. The number of hydrogen-bond acceptors (Lipinski definition) is 5. The molecule has 8 nitrogen and oxygen atoms in total. The number of carbonyl (C=O) groups excluding carboxylic acids is 2. The minimum atomic E-state index is -1.07. The summed E-state index contributed by atoms with van der Waals surface area (Å²) in [7, 11) is 0. The molecule has 0 saturated carbocycles. The number of carbonyl (C=O) groups is 3. The van der Waals surface area contributed by atoms with Crippen molar-refractivity contribution in [1.82, 2.24) is 10.2 Å². The number of nitrogens with one attached hydrogen (secondary N) is 1. The smallest absolute Gasteiger partial charge is 0.407 e. The molecule has 0 aliphatic heterocycles. The van der Waals surface area contributed by atoms with E-state index in [-0.39, 0.29) is 32.2 Å². The van der Waals surface area contributed by atoms with Crippen LogP contribution >= 0.6 is 0 Å². The van der Waals surface area contributed by atoms with Crippen LogP contribution in [0, 0.1) is 5.92 Å². The van der Waals surface area contributed by atoms with E-state index in [1.54, 1.807) is 20.8 Å². The first kappa shape index (κ1) is 28.8. The Hall–Kier alpha value is -4.17. The summed E-state index contributed by atoms with van der Waals surface area (Å²) in [6.07, 6.45) is -1.44. The molecule has 0 fully saturated rings. The molecule has 1 aliphatic rings. The molecule has 8 heteroatoms. The predicted octanol–water partition coefficient (Wildman–Crippen LogP) is 5.07. The maximum absolute atomic E-state index is 13.6. The van der Waals surface area contributed by atoms with Gasteiger partial charge < -0.3 is 24.8 Å². The first-order valence-electron chi connectivity index (χ1n) is 13.6. The van der Waals surface area contributed by atoms with Gasteiger partial charge in [-0.1, -0.05) is 85.8 Å². The first-order chi connectivity index (χ1) is 19.3. The third-order valence-electron chi connectivity index (χ3n) is 7.32. The third-order valence-corrected chi connectivity index (χ3v) is 7.32. The van der Waals surface area contributed by atoms with Gasteiger partial charge in [-0.25, -0.2) is 4.79 Å². The van der Waals surface area contributed by atoms with Crippen molar-refractivity contribution in [1.29, 1.82) is 0 Å². The number of hydrogen-bond donors (Lipinski definition) is 2. The fourth-order valence-electron chi connectivity index (χ4n) is 5.03. The Labute approximate surface area is 234 Å². The van der Waals surface area contributed by atoms with E-state index in [9.17, 15) is 19.5 Å². The van der Waals surface area contributed by atoms with Crippen LogP contribution in [0.1, 0.15) is 43.4 Å². The molecule has 3 aromatic rings. The summed E-state index contributed by atoms with van der Waals surface area (Å²) in [5.41, 5.74) is 5.34. The highest BCUT2D eigenvalue weighted by Gasteiger charge is 2.34. The lowest BCUT2D eigenvalue weighted by molar-refractivity contribution is -0.144. The van der Waals surface area contributed by atoms with E-state index in [1.165, 1.54) is 4.90 Å². The van der Waals surface area contributed by atoms with Gasteiger partial charge in [0.25, 0.3) is 0 Å². The minimum Gasteiger partial charge on any atom is -0.481 e. The first-order valence-corrected chi connectivity index (χ1v) is 13.6. The second-order valence-electron chi connectivity index (χ2n) is 10.1. The van der Waals surface area contributed by atoms with Crippen LogP contribution in [0.4, 0.5) is 4.79 Å². The normalized spacial score (nSPS) is 14.4. The van der Waals surface area contributed by atoms with E-state index >= 15 is 0 Å². The Morgan fingerprint density at radius 3 is 2.05 bits per heavy atom. The molecule has 40 heavy (non-hydrogen) atoms. The lowest BCUT2D eigenvalue weighted by atomic mass is 9.98. The maximum Gasteiger partial charge on any atom is 0.407 e. The van der Waals surface area contributed by atoms with Crippen molar-refractivity contribution in [2.24, 2.45) is 5.92 Å². The van der Waals surface area contributed by atoms with Crippen LogP contribution in [0.2, 0.25) is 0 Å². The van der Waals surface area contributed by atoms with Crippen molar-refractivity contribution < 1.29 is 29.0 Å². The molecule has 0 saturated heterocycles. The Kier molecular flexibility index (Phi) is 9.56. The van der Waals surface area contributed by atoms with Gasteiger partial charge in [-0.3, -0.25) is 9.59 Å². The summed E-state index contributed by atoms with van der Waals surface area (Å²) < 4.78 is 11.7. The molecule has 2 N–H and O–H groups in total. The summed E-state index contributed by atoms with van der Waals surface area (Å²) >= 11 is 0. The number of rotatable bonds is 12. The number of carboxylic acid groups (broad SMARTS) is 1. The van der Waals surface area contributed by atoms with Gasteiger partial charge in [0.05, 0.1) is 18.6 Å². The number of aliphatic carboxylic acids is 1. The van der Waals surface area contributed by atoms with Crippen molar-refractivity contribution in [3.63, 3.8) is 0 Å². The second-order valence-corrected chi connectivity index (χ2v) is 10.1. The van der Waals surface area contributed by atoms with E-state index < -0.39 is 36.0 Å². The number of fused-ring (bicyclic) bond motifs is 3. The summed E-state index contributed by atoms with van der Waals surface area (Å²) in [6.45, 7) is 5.67. The summed E-state index contributed by atoms with van der Waals surface area (Å²) in [4.78, 5) is 39.6. The van der Waals surface area contributed by atoms with E-state index in [2.05, 4.69) is 17.4 Å². The van der Waals surface area contributed by atoms with Gasteiger partial charge in [0.2, 0.25) is 5.91 Å². The van der Waals surface area contributed by atoms with Crippen LogP contribution in [-0.2, 0) is 25.7 Å². The molecule has 210 valence electrons. The highest BCUT2D eigenvalue weighted by molar-refractivity contribution is 5.87. The van der Waals surface area contributed by atoms with Crippen LogP contribution in [0.25, 0.3) is 11.1 Å². The Bertz CT molecular complexity index is 1280. The summed E-state index contributed by atoms with van der Waals surface area (Å²) in [6, 6.07) is 24.6. The van der Waals surface area contributed by atoms with Gasteiger partial charge in [-0.05, 0) is 41.7 Å². The molecule has 0 bridgehead atoms. The lowest BCUT2D eigenvalue weighted by Crippen LogP contribution is -2.55. The summed E-state index contributed by atoms with van der Waals surface area (Å²) in [5.74, 6) is -2.31. The molecule has 3 atom stereocenters. The molecule has 1 aliphatic carbocycles. The van der Waals surface area contributed by atoms with Crippen LogP contribution in [-0.4, -0.2) is 59.8 Å². The zero-order chi connectivity index (χ0) is 28.6. The van der Waals surface area contributed by atoms with Crippen LogP contribution in [0.3, 0.4) is 0 Å². The number of ether oxygens (including phenoxy) is 2. The van der Waals surface area contributed by atoms with Gasteiger partial charge in [0, 0.05) is 19.0 Å². The number of nitrogens with zero attached hydrogens (tertiary/aromatic N) is 1. The number of amides is 2. The van der Waals surface area contributed by atoms with E-state index in [0.29, 0.717) is 0 Å². The molecule has 4 rings (SSSR count). The van der Waals surface area contributed by atoms with Gasteiger partial charge in [-0.2, -0.15) is 0 Å². The fraction of sp³-hybridized carbons (Fsp3) is 0.344. The number of benzene rings is 3. The number of likely N-dealkylation sites (N-methyl/N-ethyl adjacent to an activating group) is 1. The fourth-order valence-corrected chi connectivity index (χ4v) is 5.03. The molecular weight excluding hydrogens is 508 g/mol. The third kappa shape index (κ3) is 6.69. The van der Waals surface area contributed by atoms with Crippen LogP contribution < -0.4 is 5.32 Å². The van der Waals surface area contributed by atoms with Crippen molar-refractivity contribution in [2.75, 3.05) is 19.7 Å². The molecule has 3 aromatic carbocycles. The molecule has 0 spiro atoms. The van der Waals surface area contributed by atoms with E-state index in [0.717, 1.165) is 27.8 Å². The predicted molar refractivity (Wildman–Crippen MR) is 152 cm³/mol. The average molecular weight is 545 g/mol. The summed E-state index contributed by atoms with van der Waals surface area (Å²) in [5, 5.41) is 12.1. The average Bonchev–Trinajstić information content (AvgIpc) is 3.30. The highest BCUT2D eigenvalue weighted by atomic mass is 16.5. The number of carboxylic acids is 1. The molecule has 0 aromatic heterocycles. The van der Waals surface area contributed by atoms with Crippen molar-refractivity contribution >= 4 is 18.0 Å². The molecule has 3 unspecified atom stereocenters. The quantitative estimate of drug-likeness (QED) is 0.330. The van der Waals surface area contributed by atoms with Crippen LogP contribution in [0.5, 0.6) is 0 Å². The molecule has 2 amide bonds. The van der Waals surface area contributed by atoms with Gasteiger partial charge in [0.1, 0.15) is 12.6 Å². The zero-order valence-electron chi connectivity index (χ0n) is 23.1. The monoisotopic (exact) mass is 544 g/mol. The SMILES string of the molecule is CCN(CC(C)C(=O)O)C(=O)C(NC(=O)OCC1c2ccccc2-c2ccccc21)C(C)OCc1ccccc1. The Balaban J connectivity index is 1.47. The van der Waals surface area contributed by atoms with Gasteiger partial charge >= 0.3 is 12.1 Å². The minimum absolute atomic E-state index is 0.0128. The van der Waals surface area contributed by atoms with Crippen molar-refractivity contribution in [3.05, 3.63) is 95.6 Å². The topological polar surface area (TPSA) is 105 Å². The van der Waals surface area contributed by atoms with Crippen LogP contribution in [0.15, 0.2) is 78.9 Å². The molecular formula is C32H36N2O6. The highest BCUT2D eigenvalue weighted by Crippen LogP contribution is 2.44. The molecule has 0 heterocycles. The Morgan fingerprint density at radius 1 is 0.900 bits per heavy atom. The largest absolute Gasteiger partial charge is 0.481 e. The standard InChI is InChI=1S/C32H36N2O6/c1-4-34(18-21(2)31(36)37)30(35)29(22(3)39-19-23-12-6-5-7-13-23)33-32(38)40-20-28-26-16-10-8-14-24(26)25-15-9-11-17-27(25)28/h5-17,21-22,28-29H,4,18-20H2,1-3H3,(H,33,38)(H,36,37).